The van der Waals surface area contributed by atoms with Crippen molar-refractivity contribution in [3.8, 4) is 5.75 Å². The predicted octanol–water partition coefficient (Wildman–Crippen LogP) is 2.99. The van der Waals surface area contributed by atoms with Crippen LogP contribution in [-0.2, 0) is 0 Å². The Balaban J connectivity index is 1.91. The number of carbonyl (C=O) groups is 1. The summed E-state index contributed by atoms with van der Waals surface area (Å²) in [6.07, 6.45) is 4.76. The van der Waals surface area contributed by atoms with Crippen LogP contribution < -0.4 is 4.74 Å². The number of aryl methyl sites for hydroxylation is 1. The third kappa shape index (κ3) is 2.82. The molecule has 0 amide bonds. The molecule has 1 aliphatic rings. The molecule has 0 N–H and O–H groups in total. The number of ether oxygens (including phenoxy) is 1. The Morgan fingerprint density at radius 1 is 1.47 bits per heavy atom. The molecule has 1 aliphatic carbocycles. The van der Waals surface area contributed by atoms with Gasteiger partial charge in [-0.15, -0.1) is 0 Å². The van der Waals surface area contributed by atoms with Crippen LogP contribution in [0, 0.1) is 12.8 Å². The van der Waals surface area contributed by atoms with Crippen LogP contribution in [0.3, 0.4) is 0 Å². The van der Waals surface area contributed by atoms with E-state index >= 15 is 0 Å². The molecule has 0 spiro atoms. The minimum absolute atomic E-state index is 0.710. The zero-order valence-electron chi connectivity index (χ0n) is 9.03. The van der Waals surface area contributed by atoms with E-state index in [4.69, 9.17) is 4.74 Å². The normalized spacial score (nSPS) is 15.0. The van der Waals surface area contributed by atoms with Gasteiger partial charge in [0.25, 0.3) is 0 Å². The van der Waals surface area contributed by atoms with E-state index in [1.807, 2.05) is 19.1 Å². The molecule has 0 unspecified atom stereocenters. The van der Waals surface area contributed by atoms with Gasteiger partial charge in [0.15, 0.2) is 0 Å². The highest BCUT2D eigenvalue weighted by Crippen LogP contribution is 2.32. The van der Waals surface area contributed by atoms with Gasteiger partial charge in [0.2, 0.25) is 0 Å². The van der Waals surface area contributed by atoms with Crippen LogP contribution in [0.15, 0.2) is 18.2 Å². The first-order chi connectivity index (χ1) is 7.29. The molecule has 0 heterocycles. The maximum absolute atomic E-state index is 10.5. The Kier molecular flexibility index (Phi) is 3.05. The van der Waals surface area contributed by atoms with Crippen LogP contribution in [0.25, 0.3) is 0 Å². The molecule has 15 heavy (non-hydrogen) atoms. The predicted molar refractivity (Wildman–Crippen MR) is 59.4 cm³/mol. The van der Waals surface area contributed by atoms with Crippen LogP contribution >= 0.6 is 0 Å². The Morgan fingerprint density at radius 3 is 2.87 bits per heavy atom. The third-order valence-electron chi connectivity index (χ3n) is 2.82. The van der Waals surface area contributed by atoms with Gasteiger partial charge in [-0.05, 0) is 43.0 Å². The van der Waals surface area contributed by atoms with E-state index in [1.54, 1.807) is 6.07 Å². The fraction of sp³-hybridized carbons (Fsp3) is 0.462. The van der Waals surface area contributed by atoms with Gasteiger partial charge in [0.1, 0.15) is 12.0 Å². The Labute approximate surface area is 90.3 Å². The lowest BCUT2D eigenvalue weighted by Crippen LogP contribution is -2.00. The molecular formula is C13H16O2. The molecule has 0 atom stereocenters. The standard InChI is InChI=1S/C13H16O2/c1-10-8-12(9-14)4-5-13(10)15-7-6-11-2-3-11/h4-5,8-9,11H,2-3,6-7H2,1H3. The maximum atomic E-state index is 10.5. The van der Waals surface area contributed by atoms with Gasteiger partial charge in [-0.2, -0.15) is 0 Å². The quantitative estimate of drug-likeness (QED) is 0.689. The highest BCUT2D eigenvalue weighted by Gasteiger charge is 2.20. The minimum Gasteiger partial charge on any atom is -0.493 e. The second-order valence-electron chi connectivity index (χ2n) is 4.22. The summed E-state index contributed by atoms with van der Waals surface area (Å²) >= 11 is 0. The fourth-order valence-corrected chi connectivity index (χ4v) is 1.65. The van der Waals surface area contributed by atoms with Gasteiger partial charge in [0.05, 0.1) is 6.61 Å². The summed E-state index contributed by atoms with van der Waals surface area (Å²) in [5.74, 6) is 1.81. The molecule has 1 aromatic carbocycles. The number of benzene rings is 1. The van der Waals surface area contributed by atoms with Gasteiger partial charge in [-0.3, -0.25) is 4.79 Å². The molecule has 0 bridgehead atoms. The molecule has 0 radical (unpaired) electrons. The van der Waals surface area contributed by atoms with Gasteiger partial charge in [0, 0.05) is 5.56 Å². The summed E-state index contributed by atoms with van der Waals surface area (Å²) in [5.41, 5.74) is 1.75. The fourth-order valence-electron chi connectivity index (χ4n) is 1.65. The van der Waals surface area contributed by atoms with Crippen molar-refractivity contribution in [2.45, 2.75) is 26.2 Å². The Morgan fingerprint density at radius 2 is 2.27 bits per heavy atom. The average molecular weight is 204 g/mol. The van der Waals surface area contributed by atoms with E-state index in [1.165, 1.54) is 12.8 Å². The van der Waals surface area contributed by atoms with Gasteiger partial charge >= 0.3 is 0 Å². The summed E-state index contributed by atoms with van der Waals surface area (Å²) in [4.78, 5) is 10.5. The molecule has 2 heteroatoms. The molecule has 0 aromatic heterocycles. The molecule has 1 fully saturated rings. The third-order valence-corrected chi connectivity index (χ3v) is 2.82. The molecule has 1 aromatic rings. The van der Waals surface area contributed by atoms with E-state index in [2.05, 4.69) is 0 Å². The largest absolute Gasteiger partial charge is 0.493 e. The van der Waals surface area contributed by atoms with Crippen molar-refractivity contribution in [2.24, 2.45) is 5.92 Å². The number of aldehydes is 1. The van der Waals surface area contributed by atoms with E-state index in [0.717, 1.165) is 36.5 Å². The number of rotatable bonds is 5. The maximum Gasteiger partial charge on any atom is 0.150 e. The summed E-state index contributed by atoms with van der Waals surface area (Å²) in [6.45, 7) is 2.77. The first kappa shape index (κ1) is 10.2. The topological polar surface area (TPSA) is 26.3 Å². The van der Waals surface area contributed by atoms with Crippen molar-refractivity contribution in [3.05, 3.63) is 29.3 Å². The highest BCUT2D eigenvalue weighted by molar-refractivity contribution is 5.75. The van der Waals surface area contributed by atoms with Crippen molar-refractivity contribution in [2.75, 3.05) is 6.61 Å². The lowest BCUT2D eigenvalue weighted by molar-refractivity contribution is 0.112. The molecule has 80 valence electrons. The zero-order chi connectivity index (χ0) is 10.7. The molecule has 0 saturated heterocycles. The van der Waals surface area contributed by atoms with E-state index in [0.29, 0.717) is 5.56 Å². The van der Waals surface area contributed by atoms with Crippen LogP contribution in [0.5, 0.6) is 5.75 Å². The smallest absolute Gasteiger partial charge is 0.150 e. The number of carbonyl (C=O) groups excluding carboxylic acids is 1. The second-order valence-corrected chi connectivity index (χ2v) is 4.22. The second kappa shape index (κ2) is 4.47. The summed E-state index contributed by atoms with van der Waals surface area (Å²) < 4.78 is 5.67. The molecule has 2 rings (SSSR count). The lowest BCUT2D eigenvalue weighted by Gasteiger charge is -2.08. The van der Waals surface area contributed by atoms with Gasteiger partial charge in [-0.1, -0.05) is 12.8 Å². The summed E-state index contributed by atoms with van der Waals surface area (Å²) in [7, 11) is 0. The van der Waals surface area contributed by atoms with E-state index < -0.39 is 0 Å². The van der Waals surface area contributed by atoms with E-state index in [9.17, 15) is 4.79 Å². The summed E-state index contributed by atoms with van der Waals surface area (Å²) in [6, 6.07) is 5.54. The van der Waals surface area contributed by atoms with Crippen molar-refractivity contribution in [1.82, 2.24) is 0 Å². The van der Waals surface area contributed by atoms with Gasteiger partial charge < -0.3 is 4.74 Å². The first-order valence-corrected chi connectivity index (χ1v) is 5.48. The number of hydrogen-bond acceptors (Lipinski definition) is 2. The first-order valence-electron chi connectivity index (χ1n) is 5.48. The lowest BCUT2D eigenvalue weighted by atomic mass is 10.1. The van der Waals surface area contributed by atoms with Crippen molar-refractivity contribution < 1.29 is 9.53 Å². The average Bonchev–Trinajstić information content (AvgIpc) is 3.04. The van der Waals surface area contributed by atoms with E-state index in [-0.39, 0.29) is 0 Å². The van der Waals surface area contributed by atoms with Crippen molar-refractivity contribution >= 4 is 6.29 Å². The SMILES string of the molecule is Cc1cc(C=O)ccc1OCCC1CC1. The van der Waals surface area contributed by atoms with Crippen molar-refractivity contribution in [3.63, 3.8) is 0 Å². The monoisotopic (exact) mass is 204 g/mol. The molecule has 1 saturated carbocycles. The van der Waals surface area contributed by atoms with Crippen molar-refractivity contribution in [1.29, 1.82) is 0 Å². The van der Waals surface area contributed by atoms with Crippen LogP contribution in [0.1, 0.15) is 35.2 Å². The highest BCUT2D eigenvalue weighted by atomic mass is 16.5. The van der Waals surface area contributed by atoms with Gasteiger partial charge in [-0.25, -0.2) is 0 Å². The van der Waals surface area contributed by atoms with Crippen LogP contribution in [-0.4, -0.2) is 12.9 Å². The Hall–Kier alpha value is -1.31. The number of hydrogen-bond donors (Lipinski definition) is 0. The Bertz CT molecular complexity index is 354. The summed E-state index contributed by atoms with van der Waals surface area (Å²) in [5, 5.41) is 0. The zero-order valence-corrected chi connectivity index (χ0v) is 9.03. The van der Waals surface area contributed by atoms with Crippen LogP contribution in [0.2, 0.25) is 0 Å². The molecule has 2 nitrogen and oxygen atoms in total. The molecular weight excluding hydrogens is 188 g/mol. The van der Waals surface area contributed by atoms with Crippen LogP contribution in [0.4, 0.5) is 0 Å². The minimum atomic E-state index is 0.710. The molecule has 0 aliphatic heterocycles.